The van der Waals surface area contributed by atoms with Gasteiger partial charge in [0, 0.05) is 28.1 Å². The Morgan fingerprint density at radius 3 is 2.29 bits per heavy atom. The lowest BCUT2D eigenvalue weighted by Crippen LogP contribution is -1.92. The minimum Gasteiger partial charge on any atom is -0.424 e. The molecule has 17 heavy (non-hydrogen) atoms. The molecule has 7 heteroatoms. The van der Waals surface area contributed by atoms with Crippen molar-refractivity contribution in [3.8, 4) is 11.8 Å². The van der Waals surface area contributed by atoms with E-state index in [-0.39, 0.29) is 11.7 Å². The Bertz CT molecular complexity index is 527. The van der Waals surface area contributed by atoms with Crippen molar-refractivity contribution in [2.24, 2.45) is 0 Å². The highest BCUT2D eigenvalue weighted by Crippen LogP contribution is 2.21. The minimum absolute atomic E-state index is 0.0147. The molecule has 6 nitrogen and oxygen atoms in total. The summed E-state index contributed by atoms with van der Waals surface area (Å²) in [7, 11) is 0. The van der Waals surface area contributed by atoms with Gasteiger partial charge in [0.05, 0.1) is 4.92 Å². The van der Waals surface area contributed by atoms with Crippen LogP contribution in [0.4, 0.5) is 5.69 Å². The first-order chi connectivity index (χ1) is 8.15. The van der Waals surface area contributed by atoms with E-state index >= 15 is 0 Å². The highest BCUT2D eigenvalue weighted by atomic mass is 127. The van der Waals surface area contributed by atoms with Gasteiger partial charge in [-0.2, -0.15) is 0 Å². The number of rotatable bonds is 3. The molecule has 0 unspecified atom stereocenters. The number of nitro benzene ring substituents is 1. The molecule has 2 aromatic rings. The zero-order chi connectivity index (χ0) is 12.3. The average Bonchev–Trinajstić information content (AvgIpc) is 2.33. The molecule has 0 radical (unpaired) electrons. The van der Waals surface area contributed by atoms with Gasteiger partial charge in [0.2, 0.25) is 0 Å². The number of hydrogen-bond donors (Lipinski definition) is 0. The standard InChI is InChI=1S/C10H6IN3O3/c11-7-5-12-10(13-6-7)17-9-3-1-8(2-4-9)14(15)16/h1-6H. The summed E-state index contributed by atoms with van der Waals surface area (Å²) in [5, 5.41) is 10.4. The maximum atomic E-state index is 10.4. The summed E-state index contributed by atoms with van der Waals surface area (Å²) < 4.78 is 6.22. The number of ether oxygens (including phenoxy) is 1. The molecule has 0 aliphatic carbocycles. The molecule has 0 aliphatic heterocycles. The van der Waals surface area contributed by atoms with Crippen molar-refractivity contribution in [2.75, 3.05) is 0 Å². The van der Waals surface area contributed by atoms with Crippen molar-refractivity contribution in [2.45, 2.75) is 0 Å². The van der Waals surface area contributed by atoms with Crippen LogP contribution in [-0.4, -0.2) is 14.9 Å². The summed E-state index contributed by atoms with van der Waals surface area (Å²) in [5.41, 5.74) is 0.0147. The molecule has 0 N–H and O–H groups in total. The van der Waals surface area contributed by atoms with Crippen LogP contribution in [0.15, 0.2) is 36.7 Å². The lowest BCUT2D eigenvalue weighted by atomic mass is 10.3. The second-order valence-corrected chi connectivity index (χ2v) is 4.28. The van der Waals surface area contributed by atoms with Crippen molar-refractivity contribution in [3.63, 3.8) is 0 Å². The molecule has 1 aromatic heterocycles. The molecule has 0 fully saturated rings. The summed E-state index contributed by atoms with van der Waals surface area (Å²) in [6, 6.07) is 5.93. The Kier molecular flexibility index (Phi) is 3.47. The quantitative estimate of drug-likeness (QED) is 0.487. The summed E-state index contributed by atoms with van der Waals surface area (Å²) in [5.74, 6) is 0.455. The first kappa shape index (κ1) is 11.7. The van der Waals surface area contributed by atoms with Crippen LogP contribution in [0.1, 0.15) is 0 Å². The average molecular weight is 343 g/mol. The number of benzene rings is 1. The normalized spacial score (nSPS) is 9.94. The van der Waals surface area contributed by atoms with Crippen molar-refractivity contribution in [3.05, 3.63) is 50.3 Å². The van der Waals surface area contributed by atoms with Gasteiger partial charge in [0.15, 0.2) is 0 Å². The maximum absolute atomic E-state index is 10.4. The second-order valence-electron chi connectivity index (χ2n) is 3.04. The van der Waals surface area contributed by atoms with E-state index in [1.165, 1.54) is 24.3 Å². The maximum Gasteiger partial charge on any atom is 0.321 e. The number of hydrogen-bond acceptors (Lipinski definition) is 5. The molecule has 0 amide bonds. The van der Waals surface area contributed by atoms with Gasteiger partial charge in [-0.25, -0.2) is 9.97 Å². The van der Waals surface area contributed by atoms with E-state index in [4.69, 9.17) is 4.74 Å². The van der Waals surface area contributed by atoms with Crippen molar-refractivity contribution < 1.29 is 9.66 Å². The minimum atomic E-state index is -0.467. The fraction of sp³-hybridized carbons (Fsp3) is 0. The van der Waals surface area contributed by atoms with Crippen LogP contribution < -0.4 is 4.74 Å². The van der Waals surface area contributed by atoms with Gasteiger partial charge in [-0.05, 0) is 34.7 Å². The van der Waals surface area contributed by atoms with Gasteiger partial charge in [0.25, 0.3) is 5.69 Å². The lowest BCUT2D eigenvalue weighted by Gasteiger charge is -2.02. The molecule has 2 rings (SSSR count). The zero-order valence-electron chi connectivity index (χ0n) is 8.41. The van der Waals surface area contributed by atoms with Gasteiger partial charge < -0.3 is 4.74 Å². The molecule has 0 saturated carbocycles. The third-order valence-corrected chi connectivity index (χ3v) is 2.41. The molecule has 0 bridgehead atoms. The molecule has 0 atom stereocenters. The Labute approximate surface area is 110 Å². The van der Waals surface area contributed by atoms with E-state index in [1.54, 1.807) is 12.4 Å². The topological polar surface area (TPSA) is 78.2 Å². The summed E-state index contributed by atoms with van der Waals surface area (Å²) >= 11 is 2.08. The molecule has 1 aromatic carbocycles. The van der Waals surface area contributed by atoms with Gasteiger partial charge in [-0.15, -0.1) is 0 Å². The Morgan fingerprint density at radius 2 is 1.76 bits per heavy atom. The molecular weight excluding hydrogens is 337 g/mol. The number of aromatic nitrogens is 2. The third kappa shape index (κ3) is 3.09. The zero-order valence-corrected chi connectivity index (χ0v) is 10.6. The van der Waals surface area contributed by atoms with E-state index in [2.05, 4.69) is 32.6 Å². The number of halogens is 1. The predicted octanol–water partition coefficient (Wildman–Crippen LogP) is 2.78. The van der Waals surface area contributed by atoms with Crippen LogP contribution in [0, 0.1) is 13.7 Å². The van der Waals surface area contributed by atoms with Gasteiger partial charge in [0.1, 0.15) is 5.75 Å². The third-order valence-electron chi connectivity index (χ3n) is 1.85. The number of nitrogens with zero attached hydrogens (tertiary/aromatic N) is 3. The van der Waals surface area contributed by atoms with Gasteiger partial charge in [-0.1, -0.05) is 0 Å². The highest BCUT2D eigenvalue weighted by Gasteiger charge is 2.05. The van der Waals surface area contributed by atoms with E-state index in [9.17, 15) is 10.1 Å². The highest BCUT2D eigenvalue weighted by molar-refractivity contribution is 14.1. The summed E-state index contributed by atoms with van der Waals surface area (Å²) in [6.07, 6.45) is 3.24. The van der Waals surface area contributed by atoms with Crippen LogP contribution >= 0.6 is 22.6 Å². The van der Waals surface area contributed by atoms with E-state index < -0.39 is 4.92 Å². The summed E-state index contributed by atoms with van der Waals surface area (Å²) in [6.45, 7) is 0. The monoisotopic (exact) mass is 343 g/mol. The molecule has 86 valence electrons. The van der Waals surface area contributed by atoms with Crippen LogP contribution in [0.3, 0.4) is 0 Å². The van der Waals surface area contributed by atoms with Crippen molar-refractivity contribution in [1.82, 2.24) is 9.97 Å². The van der Waals surface area contributed by atoms with Crippen LogP contribution in [0.2, 0.25) is 0 Å². The Hall–Kier alpha value is -1.77. The molecule has 1 heterocycles. The smallest absolute Gasteiger partial charge is 0.321 e. The van der Waals surface area contributed by atoms with Crippen molar-refractivity contribution in [1.29, 1.82) is 0 Å². The van der Waals surface area contributed by atoms with Crippen LogP contribution in [0.5, 0.6) is 11.8 Å². The summed E-state index contributed by atoms with van der Waals surface area (Å²) in [4.78, 5) is 17.9. The van der Waals surface area contributed by atoms with Crippen LogP contribution in [-0.2, 0) is 0 Å². The fourth-order valence-electron chi connectivity index (χ4n) is 1.09. The predicted molar refractivity (Wildman–Crippen MR) is 67.9 cm³/mol. The van der Waals surface area contributed by atoms with E-state index in [0.717, 1.165) is 3.57 Å². The van der Waals surface area contributed by atoms with Crippen LogP contribution in [0.25, 0.3) is 0 Å². The van der Waals surface area contributed by atoms with Gasteiger partial charge >= 0.3 is 6.01 Å². The Balaban J connectivity index is 2.13. The SMILES string of the molecule is O=[N+]([O-])c1ccc(Oc2ncc(I)cn2)cc1. The first-order valence-corrected chi connectivity index (χ1v) is 5.63. The lowest BCUT2D eigenvalue weighted by molar-refractivity contribution is -0.384. The molecule has 0 spiro atoms. The van der Waals surface area contributed by atoms with Crippen molar-refractivity contribution >= 4 is 28.3 Å². The molecule has 0 saturated heterocycles. The second kappa shape index (κ2) is 5.04. The Morgan fingerprint density at radius 1 is 1.18 bits per heavy atom. The number of non-ortho nitro benzene ring substituents is 1. The first-order valence-electron chi connectivity index (χ1n) is 4.55. The van der Waals surface area contributed by atoms with E-state index in [0.29, 0.717) is 5.75 Å². The largest absolute Gasteiger partial charge is 0.424 e. The fourth-order valence-corrected chi connectivity index (χ4v) is 1.37. The van der Waals surface area contributed by atoms with Gasteiger partial charge in [-0.3, -0.25) is 10.1 Å². The molecule has 0 aliphatic rings. The molecular formula is C10H6IN3O3. The number of nitro groups is 1. The van der Waals surface area contributed by atoms with E-state index in [1.807, 2.05) is 0 Å².